The molecule has 5 heteroatoms. The van der Waals surface area contributed by atoms with Crippen LogP contribution in [0.1, 0.15) is 13.8 Å². The highest BCUT2D eigenvalue weighted by atomic mass is 16.2. The number of rotatable bonds is 5. The molecule has 0 spiro atoms. The number of hydrogen-bond donors (Lipinski definition) is 3. The number of carbonyl (C=O) groups excluding carboxylic acids is 2. The maximum absolute atomic E-state index is 11.8. The first-order chi connectivity index (χ1) is 8.54. The van der Waals surface area contributed by atoms with Crippen LogP contribution in [0.25, 0.3) is 0 Å². The molecule has 0 saturated carbocycles. The van der Waals surface area contributed by atoms with E-state index in [0.717, 1.165) is 0 Å². The maximum Gasteiger partial charge on any atom is 0.246 e. The summed E-state index contributed by atoms with van der Waals surface area (Å²) in [6, 6.07) is 8.50. The molecular formula is C13H19N3O2. The van der Waals surface area contributed by atoms with Gasteiger partial charge in [-0.05, 0) is 19.1 Å². The van der Waals surface area contributed by atoms with Crippen LogP contribution in [0.4, 0.5) is 5.69 Å². The minimum atomic E-state index is -0.591. The summed E-state index contributed by atoms with van der Waals surface area (Å²) in [5, 5.41) is 5.34. The standard InChI is InChI=1S/C13H19N3O2/c1-9(8-14)12(17)15-10(2)13(18)16-11-6-4-3-5-7-11/h3-7,9-10H,8,14H2,1-2H3,(H,15,17)(H,16,18). The van der Waals surface area contributed by atoms with Crippen molar-refractivity contribution in [3.8, 4) is 0 Å². The Morgan fingerprint density at radius 3 is 2.33 bits per heavy atom. The number of carbonyl (C=O) groups is 2. The second kappa shape index (κ2) is 6.76. The van der Waals surface area contributed by atoms with Gasteiger partial charge in [-0.3, -0.25) is 9.59 Å². The molecule has 98 valence electrons. The normalized spacial score (nSPS) is 13.5. The number of nitrogens with one attached hydrogen (secondary N) is 2. The predicted molar refractivity (Wildman–Crippen MR) is 70.9 cm³/mol. The van der Waals surface area contributed by atoms with Gasteiger partial charge in [-0.2, -0.15) is 0 Å². The van der Waals surface area contributed by atoms with E-state index in [4.69, 9.17) is 5.73 Å². The lowest BCUT2D eigenvalue weighted by Crippen LogP contribution is -2.44. The van der Waals surface area contributed by atoms with Gasteiger partial charge in [0.15, 0.2) is 0 Å². The van der Waals surface area contributed by atoms with Crippen molar-refractivity contribution in [2.75, 3.05) is 11.9 Å². The van der Waals surface area contributed by atoms with E-state index in [1.807, 2.05) is 18.2 Å². The van der Waals surface area contributed by atoms with E-state index in [0.29, 0.717) is 5.69 Å². The first-order valence-corrected chi connectivity index (χ1v) is 5.91. The Morgan fingerprint density at radius 2 is 1.78 bits per heavy atom. The highest BCUT2D eigenvalue weighted by Crippen LogP contribution is 2.05. The Hall–Kier alpha value is -1.88. The molecule has 2 unspecified atom stereocenters. The second-order valence-electron chi connectivity index (χ2n) is 4.22. The highest BCUT2D eigenvalue weighted by Gasteiger charge is 2.18. The molecule has 5 nitrogen and oxygen atoms in total. The molecule has 0 fully saturated rings. The van der Waals surface area contributed by atoms with Crippen molar-refractivity contribution < 1.29 is 9.59 Å². The molecule has 2 amide bonds. The van der Waals surface area contributed by atoms with E-state index >= 15 is 0 Å². The summed E-state index contributed by atoms with van der Waals surface area (Å²) >= 11 is 0. The summed E-state index contributed by atoms with van der Waals surface area (Å²) in [4.78, 5) is 23.4. The van der Waals surface area contributed by atoms with Gasteiger partial charge < -0.3 is 16.4 Å². The molecule has 0 aromatic heterocycles. The molecule has 18 heavy (non-hydrogen) atoms. The lowest BCUT2D eigenvalue weighted by molar-refractivity contribution is -0.128. The number of para-hydroxylation sites is 1. The summed E-state index contributed by atoms with van der Waals surface area (Å²) in [6.45, 7) is 3.62. The lowest BCUT2D eigenvalue weighted by atomic mass is 10.1. The van der Waals surface area contributed by atoms with Gasteiger partial charge in [-0.15, -0.1) is 0 Å². The van der Waals surface area contributed by atoms with E-state index in [1.165, 1.54) is 0 Å². The zero-order chi connectivity index (χ0) is 13.5. The van der Waals surface area contributed by atoms with Crippen LogP contribution in [0.15, 0.2) is 30.3 Å². The fourth-order valence-electron chi connectivity index (χ4n) is 1.30. The van der Waals surface area contributed by atoms with Crippen molar-refractivity contribution in [2.45, 2.75) is 19.9 Å². The van der Waals surface area contributed by atoms with Gasteiger partial charge >= 0.3 is 0 Å². The van der Waals surface area contributed by atoms with Crippen LogP contribution in [0.3, 0.4) is 0 Å². The first-order valence-electron chi connectivity index (χ1n) is 5.91. The van der Waals surface area contributed by atoms with Crippen molar-refractivity contribution >= 4 is 17.5 Å². The van der Waals surface area contributed by atoms with E-state index in [9.17, 15) is 9.59 Å². The summed E-state index contributed by atoms with van der Waals surface area (Å²) in [6.07, 6.45) is 0. The summed E-state index contributed by atoms with van der Waals surface area (Å²) < 4.78 is 0. The molecule has 0 aliphatic carbocycles. The summed E-state index contributed by atoms with van der Waals surface area (Å²) in [5.74, 6) is -0.760. The van der Waals surface area contributed by atoms with E-state index in [2.05, 4.69) is 10.6 Å². The van der Waals surface area contributed by atoms with Crippen molar-refractivity contribution in [1.82, 2.24) is 5.32 Å². The molecule has 4 N–H and O–H groups in total. The van der Waals surface area contributed by atoms with Crippen LogP contribution in [0.2, 0.25) is 0 Å². The Labute approximate surface area is 107 Å². The average molecular weight is 249 g/mol. The molecule has 0 heterocycles. The zero-order valence-electron chi connectivity index (χ0n) is 10.6. The smallest absolute Gasteiger partial charge is 0.246 e. The second-order valence-corrected chi connectivity index (χ2v) is 4.22. The minimum Gasteiger partial charge on any atom is -0.344 e. The molecule has 0 aliphatic rings. The lowest BCUT2D eigenvalue weighted by Gasteiger charge is -2.16. The number of anilines is 1. The summed E-state index contributed by atoms with van der Waals surface area (Å²) in [5.41, 5.74) is 6.09. The molecule has 0 bridgehead atoms. The van der Waals surface area contributed by atoms with Crippen LogP contribution in [0, 0.1) is 5.92 Å². The van der Waals surface area contributed by atoms with Crippen molar-refractivity contribution in [3.63, 3.8) is 0 Å². The van der Waals surface area contributed by atoms with Gasteiger partial charge in [0.1, 0.15) is 6.04 Å². The number of hydrogen-bond acceptors (Lipinski definition) is 3. The monoisotopic (exact) mass is 249 g/mol. The third kappa shape index (κ3) is 4.18. The van der Waals surface area contributed by atoms with E-state index in [1.54, 1.807) is 26.0 Å². The van der Waals surface area contributed by atoms with Crippen LogP contribution in [-0.4, -0.2) is 24.4 Å². The maximum atomic E-state index is 11.8. The third-order valence-electron chi connectivity index (χ3n) is 2.59. The largest absolute Gasteiger partial charge is 0.344 e. The zero-order valence-corrected chi connectivity index (χ0v) is 10.6. The Morgan fingerprint density at radius 1 is 1.17 bits per heavy atom. The number of nitrogens with two attached hydrogens (primary N) is 1. The van der Waals surface area contributed by atoms with E-state index in [-0.39, 0.29) is 24.3 Å². The van der Waals surface area contributed by atoms with Crippen LogP contribution in [0.5, 0.6) is 0 Å². The molecule has 0 aliphatic heterocycles. The molecule has 1 aromatic carbocycles. The van der Waals surface area contributed by atoms with Gasteiger partial charge in [0.05, 0.1) is 0 Å². The quantitative estimate of drug-likeness (QED) is 0.719. The van der Waals surface area contributed by atoms with Crippen molar-refractivity contribution in [3.05, 3.63) is 30.3 Å². The Bertz CT molecular complexity index is 406. The van der Waals surface area contributed by atoms with Gasteiger partial charge in [-0.1, -0.05) is 25.1 Å². The van der Waals surface area contributed by atoms with Gasteiger partial charge in [-0.25, -0.2) is 0 Å². The fourth-order valence-corrected chi connectivity index (χ4v) is 1.30. The molecule has 0 saturated heterocycles. The Kier molecular flexibility index (Phi) is 5.32. The van der Waals surface area contributed by atoms with Crippen LogP contribution >= 0.6 is 0 Å². The number of benzene rings is 1. The highest BCUT2D eigenvalue weighted by molar-refractivity contribution is 5.97. The van der Waals surface area contributed by atoms with Gasteiger partial charge in [0, 0.05) is 18.2 Å². The summed E-state index contributed by atoms with van der Waals surface area (Å²) in [7, 11) is 0. The molecule has 2 atom stereocenters. The van der Waals surface area contributed by atoms with Gasteiger partial charge in [0.25, 0.3) is 0 Å². The molecule has 1 rings (SSSR count). The minimum absolute atomic E-state index is 0.215. The molecule has 1 aromatic rings. The SMILES string of the molecule is CC(CN)C(=O)NC(C)C(=O)Nc1ccccc1. The van der Waals surface area contributed by atoms with Crippen LogP contribution < -0.4 is 16.4 Å². The third-order valence-corrected chi connectivity index (χ3v) is 2.59. The van der Waals surface area contributed by atoms with Gasteiger partial charge in [0.2, 0.25) is 11.8 Å². The van der Waals surface area contributed by atoms with Crippen molar-refractivity contribution in [1.29, 1.82) is 0 Å². The van der Waals surface area contributed by atoms with Crippen molar-refractivity contribution in [2.24, 2.45) is 11.7 Å². The average Bonchev–Trinajstić information content (AvgIpc) is 2.38. The molecular weight excluding hydrogens is 230 g/mol. The topological polar surface area (TPSA) is 84.2 Å². The Balaban J connectivity index is 2.50. The fraction of sp³-hybridized carbons (Fsp3) is 0.385. The first kappa shape index (κ1) is 14.2. The van der Waals surface area contributed by atoms with E-state index < -0.39 is 6.04 Å². The van der Waals surface area contributed by atoms with Crippen LogP contribution in [-0.2, 0) is 9.59 Å². The molecule has 0 radical (unpaired) electrons. The predicted octanol–water partition coefficient (Wildman–Crippen LogP) is 0.725. The number of amides is 2.